The topological polar surface area (TPSA) is 136 Å². The lowest BCUT2D eigenvalue weighted by molar-refractivity contribution is -0.153. The first kappa shape index (κ1) is 33.0. The number of hydrogen-bond acceptors (Lipinski definition) is 9. The number of guanidine groups is 1. The number of aliphatic hydroxyl groups excluding tert-OH is 2. The number of cyclic esters (lactones) is 1. The molecule has 2 fully saturated rings. The smallest absolute Gasteiger partial charge is 0.336 e. The van der Waals surface area contributed by atoms with Crippen LogP contribution in [0.2, 0.25) is 0 Å². The Labute approximate surface area is 266 Å². The third kappa shape index (κ3) is 6.64. The first-order valence-electron chi connectivity index (χ1n) is 16.1. The van der Waals surface area contributed by atoms with Crippen molar-refractivity contribution in [2.75, 3.05) is 32.1 Å². The van der Waals surface area contributed by atoms with E-state index < -0.39 is 29.7 Å². The van der Waals surface area contributed by atoms with E-state index in [4.69, 9.17) is 4.74 Å². The number of rotatable bonds is 10. The van der Waals surface area contributed by atoms with Crippen molar-refractivity contribution in [3.63, 3.8) is 0 Å². The van der Waals surface area contributed by atoms with Gasteiger partial charge in [-0.25, -0.2) is 14.8 Å². The molecular formula is C35H49N5O5. The predicted octanol–water partition coefficient (Wildman–Crippen LogP) is 3.18. The Bertz CT molecular complexity index is 1390. The summed E-state index contributed by atoms with van der Waals surface area (Å²) >= 11 is 0. The molecular weight excluding hydrogens is 570 g/mol. The van der Waals surface area contributed by atoms with Gasteiger partial charge >= 0.3 is 5.97 Å². The van der Waals surface area contributed by atoms with Crippen molar-refractivity contribution >= 4 is 29.7 Å². The van der Waals surface area contributed by atoms with E-state index in [1.807, 2.05) is 56.3 Å². The highest BCUT2D eigenvalue weighted by atomic mass is 16.5. The molecule has 4 N–H and O–H groups in total. The zero-order valence-electron chi connectivity index (χ0n) is 27.3. The molecule has 0 aromatic heterocycles. The Morgan fingerprint density at radius 2 is 1.96 bits per heavy atom. The molecule has 2 saturated carbocycles. The fourth-order valence-corrected chi connectivity index (χ4v) is 8.15. The van der Waals surface area contributed by atoms with Gasteiger partial charge in [0.05, 0.1) is 30.9 Å². The van der Waals surface area contributed by atoms with Crippen molar-refractivity contribution in [3.05, 3.63) is 53.6 Å². The molecule has 244 valence electrons. The van der Waals surface area contributed by atoms with Crippen LogP contribution in [0.5, 0.6) is 0 Å². The van der Waals surface area contributed by atoms with Gasteiger partial charge in [-0.1, -0.05) is 38.1 Å². The Morgan fingerprint density at radius 1 is 1.22 bits per heavy atom. The van der Waals surface area contributed by atoms with E-state index in [9.17, 15) is 19.8 Å². The summed E-state index contributed by atoms with van der Waals surface area (Å²) in [5.41, 5.74) is 2.90. The van der Waals surface area contributed by atoms with Gasteiger partial charge < -0.3 is 19.8 Å². The zero-order valence-corrected chi connectivity index (χ0v) is 27.3. The number of nitrogens with zero attached hydrogens (tertiary/aromatic N) is 3. The Hall–Kier alpha value is -3.34. The minimum absolute atomic E-state index is 0.00230. The molecule has 8 atom stereocenters. The predicted molar refractivity (Wildman–Crippen MR) is 176 cm³/mol. The molecule has 1 aromatic carbocycles. The van der Waals surface area contributed by atoms with Crippen LogP contribution < -0.4 is 15.5 Å². The van der Waals surface area contributed by atoms with Crippen LogP contribution in [0.1, 0.15) is 58.4 Å². The number of allylic oxidation sites excluding steroid dienone is 1. The number of carbonyl (C=O) groups is 2. The van der Waals surface area contributed by atoms with Gasteiger partial charge in [-0.05, 0) is 80.1 Å². The van der Waals surface area contributed by atoms with Gasteiger partial charge in [0, 0.05) is 43.9 Å². The van der Waals surface area contributed by atoms with Gasteiger partial charge in [0.2, 0.25) is 11.9 Å². The summed E-state index contributed by atoms with van der Waals surface area (Å²) in [6.45, 7) is 10.8. The van der Waals surface area contributed by atoms with Gasteiger partial charge in [0.1, 0.15) is 6.10 Å². The molecule has 0 spiro atoms. The monoisotopic (exact) mass is 619 g/mol. The third-order valence-electron chi connectivity index (χ3n) is 10.9. The van der Waals surface area contributed by atoms with Gasteiger partial charge in [0.15, 0.2) is 0 Å². The molecule has 0 radical (unpaired) electrons. The summed E-state index contributed by atoms with van der Waals surface area (Å²) in [4.78, 5) is 37.0. The van der Waals surface area contributed by atoms with Crippen molar-refractivity contribution in [1.82, 2.24) is 10.6 Å². The minimum Gasteiger partial charge on any atom is -0.454 e. The van der Waals surface area contributed by atoms with Crippen LogP contribution in [0.15, 0.2) is 58.1 Å². The highest BCUT2D eigenvalue weighted by molar-refractivity contribution is 6.04. The molecule has 10 heteroatoms. The quantitative estimate of drug-likeness (QED) is 0.233. The normalized spacial score (nSPS) is 32.3. The van der Waals surface area contributed by atoms with E-state index in [0.29, 0.717) is 31.4 Å². The second-order valence-corrected chi connectivity index (χ2v) is 14.0. The highest BCUT2D eigenvalue weighted by Gasteiger charge is 2.58. The number of anilines is 1. The Morgan fingerprint density at radius 3 is 2.60 bits per heavy atom. The van der Waals surface area contributed by atoms with Gasteiger partial charge in [-0.15, -0.1) is 0 Å². The summed E-state index contributed by atoms with van der Waals surface area (Å²) < 4.78 is 5.89. The lowest BCUT2D eigenvalue weighted by Crippen LogP contribution is -2.58. The fourth-order valence-electron chi connectivity index (χ4n) is 8.15. The maximum Gasteiger partial charge on any atom is 0.336 e. The average molecular weight is 620 g/mol. The number of ether oxygens (including phenoxy) is 1. The van der Waals surface area contributed by atoms with Gasteiger partial charge in [-0.2, -0.15) is 0 Å². The van der Waals surface area contributed by atoms with E-state index in [0.717, 1.165) is 36.1 Å². The molecule has 2 heterocycles. The summed E-state index contributed by atoms with van der Waals surface area (Å²) in [6.07, 6.45) is 6.63. The first-order valence-corrected chi connectivity index (χ1v) is 16.1. The molecule has 45 heavy (non-hydrogen) atoms. The zero-order chi connectivity index (χ0) is 32.5. The highest BCUT2D eigenvalue weighted by Crippen LogP contribution is 2.62. The number of amides is 1. The summed E-state index contributed by atoms with van der Waals surface area (Å²) in [5.74, 6) is -0.316. The minimum atomic E-state index is -0.656. The molecule has 0 bridgehead atoms. The third-order valence-corrected chi connectivity index (χ3v) is 10.9. The molecule has 5 unspecified atom stereocenters. The first-order chi connectivity index (χ1) is 21.4. The average Bonchev–Trinajstić information content (AvgIpc) is 3.65. The van der Waals surface area contributed by atoms with Crippen LogP contribution in [0.25, 0.3) is 0 Å². The molecule has 1 aromatic rings. The van der Waals surface area contributed by atoms with Crippen LogP contribution in [0.3, 0.4) is 0 Å². The van der Waals surface area contributed by atoms with Crippen molar-refractivity contribution in [2.24, 2.45) is 32.7 Å². The van der Waals surface area contributed by atoms with Crippen LogP contribution >= 0.6 is 0 Å². The number of aliphatic imine (C=N–C) groups is 2. The number of esters is 1. The van der Waals surface area contributed by atoms with Crippen molar-refractivity contribution in [2.45, 2.75) is 83.6 Å². The fraction of sp³-hybridized carbons (Fsp3) is 0.600. The van der Waals surface area contributed by atoms with Crippen LogP contribution in [0, 0.1) is 22.7 Å². The van der Waals surface area contributed by atoms with Crippen molar-refractivity contribution in [3.8, 4) is 0 Å². The van der Waals surface area contributed by atoms with Crippen molar-refractivity contribution < 1.29 is 24.5 Å². The summed E-state index contributed by atoms with van der Waals surface area (Å²) in [6, 6.07) is 7.05. The number of aliphatic hydroxyl groups is 2. The largest absolute Gasteiger partial charge is 0.454 e. The lowest BCUT2D eigenvalue weighted by atomic mass is 9.46. The van der Waals surface area contributed by atoms with E-state index in [1.165, 1.54) is 0 Å². The Kier molecular flexibility index (Phi) is 9.68. The van der Waals surface area contributed by atoms with Gasteiger partial charge in [-0.3, -0.25) is 15.4 Å². The summed E-state index contributed by atoms with van der Waals surface area (Å²) in [7, 11) is 3.99. The lowest BCUT2D eigenvalue weighted by Gasteiger charge is -2.60. The van der Waals surface area contributed by atoms with Crippen LogP contribution in [-0.2, 0) is 20.7 Å². The second-order valence-electron chi connectivity index (χ2n) is 14.0. The maximum absolute atomic E-state index is 13.5. The van der Waals surface area contributed by atoms with E-state index in [2.05, 4.69) is 34.1 Å². The molecule has 10 nitrogen and oxygen atoms in total. The number of hydrogen-bond donors (Lipinski definition) is 4. The van der Waals surface area contributed by atoms with Gasteiger partial charge in [0.25, 0.3) is 0 Å². The number of benzene rings is 1. The summed E-state index contributed by atoms with van der Waals surface area (Å²) in [5, 5.41) is 27.7. The molecule has 2 aliphatic carbocycles. The van der Waals surface area contributed by atoms with E-state index in [-0.39, 0.29) is 41.7 Å². The number of nitrogens with one attached hydrogen (secondary N) is 2. The van der Waals surface area contributed by atoms with E-state index in [1.54, 1.807) is 13.1 Å². The number of fused-ring (bicyclic) bond motifs is 1. The Balaban J connectivity index is 1.42. The molecule has 0 saturated heterocycles. The van der Waals surface area contributed by atoms with Crippen molar-refractivity contribution in [1.29, 1.82) is 0 Å². The molecule has 1 amide bonds. The number of carbonyl (C=O) groups excluding carboxylic acids is 2. The molecule has 5 rings (SSSR count). The van der Waals surface area contributed by atoms with Crippen LogP contribution in [0.4, 0.5) is 5.69 Å². The SMILES string of the molecule is C=C1CCC2[C@](C)(CC[C@H](O)[C@@]2(C)CO)C1CC(NC(C)C(=O)NC1=NCC=N1)C1=CC(Cc2ccc(N(C)C)cc2)OC1=O. The molecule has 4 aliphatic rings. The maximum atomic E-state index is 13.5. The standard InChI is InChI=1S/C35H49N5O5/c1-21-7-12-29-34(3,14-13-30(42)35(29,4)20-41)27(21)19-28(38-22(2)31(43)39-33-36-15-16-37-33)26-18-25(45-32(26)44)17-23-8-10-24(11-9-23)40(5)6/h8-11,15,18,22,25,27-30,38,41-42H,1,7,12-14,16-17,19-20H2,2-6H3,(H,37,39,43)/t22?,25?,27?,28?,29?,30-,34+,35-/m0/s1. The van der Waals surface area contributed by atoms with Crippen LogP contribution in [-0.4, -0.2) is 85.8 Å². The molecule has 2 aliphatic heterocycles. The second kappa shape index (κ2) is 13.2. The van der Waals surface area contributed by atoms with E-state index >= 15 is 0 Å².